The van der Waals surface area contributed by atoms with Crippen LogP contribution in [-0.4, -0.2) is 38.6 Å². The Morgan fingerprint density at radius 3 is 3.00 bits per heavy atom. The van der Waals surface area contributed by atoms with Crippen LogP contribution in [0.5, 0.6) is 0 Å². The minimum Gasteiger partial charge on any atom is -0.307 e. The van der Waals surface area contributed by atoms with Crippen molar-refractivity contribution in [3.05, 3.63) is 0 Å². The van der Waals surface area contributed by atoms with Gasteiger partial charge in [-0.25, -0.2) is 0 Å². The molecule has 4 nitrogen and oxygen atoms in total. The van der Waals surface area contributed by atoms with E-state index in [2.05, 4.69) is 0 Å². The highest BCUT2D eigenvalue weighted by atomic mass is 16.5. The summed E-state index contributed by atoms with van der Waals surface area (Å²) in [7, 11) is 0. The Morgan fingerprint density at radius 1 is 1.33 bits per heavy atom. The third-order valence-electron chi connectivity index (χ3n) is 2.77. The van der Waals surface area contributed by atoms with Crippen LogP contribution in [0.1, 0.15) is 32.1 Å². The summed E-state index contributed by atoms with van der Waals surface area (Å²) in [6.45, 7) is 0.250. The molecule has 2 rings (SSSR count). The first kappa shape index (κ1) is 8.01. The van der Waals surface area contributed by atoms with Gasteiger partial charge in [-0.2, -0.15) is 0 Å². The first-order valence-corrected chi connectivity index (χ1v) is 4.56. The number of hydroxylamine groups is 3. The Labute approximate surface area is 71.6 Å². The zero-order valence-electron chi connectivity index (χ0n) is 7.11. The van der Waals surface area contributed by atoms with E-state index in [0.29, 0.717) is 0 Å². The van der Waals surface area contributed by atoms with Crippen LogP contribution in [0.4, 0.5) is 0 Å². The zero-order chi connectivity index (χ0) is 8.55. The van der Waals surface area contributed by atoms with E-state index in [1.807, 2.05) is 0 Å². The minimum absolute atomic E-state index is 0.0810. The second kappa shape index (κ2) is 3.03. The molecule has 2 N–H and O–H groups in total. The molecule has 0 amide bonds. The van der Waals surface area contributed by atoms with Gasteiger partial charge in [-0.3, -0.25) is 5.21 Å². The van der Waals surface area contributed by atoms with Crippen LogP contribution < -0.4 is 0 Å². The summed E-state index contributed by atoms with van der Waals surface area (Å²) in [5.41, 5.74) is 0.995. The second-order valence-corrected chi connectivity index (χ2v) is 3.59. The van der Waals surface area contributed by atoms with Crippen LogP contribution in [0, 0.1) is 0 Å². The molecule has 0 bridgehead atoms. The van der Waals surface area contributed by atoms with Gasteiger partial charge in [-0.1, -0.05) is 12.8 Å². The number of fused-ring (bicyclic) bond motifs is 1. The summed E-state index contributed by atoms with van der Waals surface area (Å²) in [6.07, 6.45) is 5.40. The van der Waals surface area contributed by atoms with E-state index in [1.165, 1.54) is 16.2 Å². The number of hydrogen-bond donors (Lipinski definition) is 2. The van der Waals surface area contributed by atoms with Crippen molar-refractivity contribution in [2.24, 2.45) is 0 Å². The average molecular weight is 171 g/mol. The first-order valence-electron chi connectivity index (χ1n) is 4.56. The lowest BCUT2D eigenvalue weighted by molar-refractivity contribution is -0.783. The van der Waals surface area contributed by atoms with Gasteiger partial charge in [0.2, 0.25) is 5.71 Å². The Morgan fingerprint density at radius 2 is 2.17 bits per heavy atom. The van der Waals surface area contributed by atoms with Crippen LogP contribution in [0.15, 0.2) is 0 Å². The molecule has 1 aliphatic carbocycles. The Kier molecular flexibility index (Phi) is 2.02. The molecular formula is C8H15N2O2+. The molecule has 0 saturated heterocycles. The lowest BCUT2D eigenvalue weighted by Gasteiger charge is -2.10. The van der Waals surface area contributed by atoms with Crippen molar-refractivity contribution >= 4 is 5.71 Å². The summed E-state index contributed by atoms with van der Waals surface area (Å²) < 4.78 is 1.19. The van der Waals surface area contributed by atoms with Crippen molar-refractivity contribution in [3.8, 4) is 0 Å². The van der Waals surface area contributed by atoms with Gasteiger partial charge in [0.15, 0.2) is 0 Å². The highest BCUT2D eigenvalue weighted by Gasteiger charge is 2.40. The molecule has 0 radical (unpaired) electrons. The molecule has 2 aliphatic rings. The van der Waals surface area contributed by atoms with Crippen molar-refractivity contribution in [1.82, 2.24) is 5.06 Å². The van der Waals surface area contributed by atoms with Crippen LogP contribution >= 0.6 is 0 Å². The zero-order valence-corrected chi connectivity index (χ0v) is 7.11. The van der Waals surface area contributed by atoms with Crippen LogP contribution in [0.25, 0.3) is 0 Å². The summed E-state index contributed by atoms with van der Waals surface area (Å²) in [5.74, 6) is 0. The van der Waals surface area contributed by atoms with Crippen LogP contribution in [0.2, 0.25) is 0 Å². The molecule has 0 aromatic carbocycles. The highest BCUT2D eigenvalue weighted by Crippen LogP contribution is 2.22. The van der Waals surface area contributed by atoms with E-state index in [0.717, 1.165) is 31.4 Å². The van der Waals surface area contributed by atoms with E-state index < -0.39 is 0 Å². The maximum Gasteiger partial charge on any atom is 0.269 e. The van der Waals surface area contributed by atoms with E-state index in [-0.39, 0.29) is 12.7 Å². The van der Waals surface area contributed by atoms with E-state index in [9.17, 15) is 10.4 Å². The van der Waals surface area contributed by atoms with Gasteiger partial charge in [0.1, 0.15) is 6.04 Å². The smallest absolute Gasteiger partial charge is 0.269 e. The fourth-order valence-corrected chi connectivity index (χ4v) is 2.10. The van der Waals surface area contributed by atoms with E-state index in [4.69, 9.17) is 0 Å². The summed E-state index contributed by atoms with van der Waals surface area (Å²) in [5, 5.41) is 20.1. The van der Waals surface area contributed by atoms with Gasteiger partial charge in [-0.15, -0.1) is 5.06 Å². The van der Waals surface area contributed by atoms with Crippen molar-refractivity contribution < 1.29 is 15.2 Å². The predicted octanol–water partition coefficient (Wildman–Crippen LogP) is 0.824. The predicted molar refractivity (Wildman–Crippen MR) is 42.4 cm³/mol. The Balaban J connectivity index is 2.19. The van der Waals surface area contributed by atoms with Crippen molar-refractivity contribution in [3.63, 3.8) is 0 Å². The molecule has 0 spiro atoms. The highest BCUT2D eigenvalue weighted by molar-refractivity contribution is 5.85. The molecule has 1 unspecified atom stereocenters. The molecule has 1 aliphatic heterocycles. The number of nitrogens with zero attached hydrogens (tertiary/aromatic N) is 2. The van der Waals surface area contributed by atoms with Gasteiger partial charge in [-0.05, 0) is 17.6 Å². The van der Waals surface area contributed by atoms with Crippen molar-refractivity contribution in [2.45, 2.75) is 38.1 Å². The summed E-state index contributed by atoms with van der Waals surface area (Å²) in [6, 6.07) is 0.0810. The number of rotatable bonds is 0. The van der Waals surface area contributed by atoms with Gasteiger partial charge in [0.25, 0.3) is 6.67 Å². The molecule has 1 atom stereocenters. The van der Waals surface area contributed by atoms with E-state index >= 15 is 0 Å². The lowest BCUT2D eigenvalue weighted by atomic mass is 10.1. The lowest BCUT2D eigenvalue weighted by Crippen LogP contribution is -2.31. The molecule has 0 aromatic rings. The molecule has 1 heterocycles. The molecule has 68 valence electrons. The standard InChI is InChI=1S/C8H15N2O2/c11-9-6-10(12)8-5-3-1-2-4-7(8)9/h7,11-12H,1-6H2/q+1. The summed E-state index contributed by atoms with van der Waals surface area (Å²) in [4.78, 5) is 0. The quantitative estimate of drug-likeness (QED) is 0.419. The number of hydrogen-bond acceptors (Lipinski definition) is 3. The van der Waals surface area contributed by atoms with Crippen LogP contribution in [-0.2, 0) is 0 Å². The van der Waals surface area contributed by atoms with Crippen molar-refractivity contribution in [2.75, 3.05) is 6.67 Å². The first-order chi connectivity index (χ1) is 5.79. The minimum atomic E-state index is 0.0810. The van der Waals surface area contributed by atoms with Gasteiger partial charge in [0.05, 0.1) is 0 Å². The van der Waals surface area contributed by atoms with Gasteiger partial charge >= 0.3 is 0 Å². The molecule has 4 heteroatoms. The largest absolute Gasteiger partial charge is 0.307 e. The normalized spacial score (nSPS) is 31.9. The molecule has 1 saturated carbocycles. The third kappa shape index (κ3) is 1.21. The molecule has 1 fully saturated rings. The van der Waals surface area contributed by atoms with Gasteiger partial charge in [0, 0.05) is 6.42 Å². The SMILES string of the molecule is ON1C[N+](O)=C2CCCCCC21. The maximum absolute atomic E-state index is 9.43. The van der Waals surface area contributed by atoms with Gasteiger partial charge < -0.3 is 5.21 Å². The average Bonchev–Trinajstić information content (AvgIpc) is 2.29. The van der Waals surface area contributed by atoms with Crippen molar-refractivity contribution in [1.29, 1.82) is 0 Å². The topological polar surface area (TPSA) is 46.7 Å². The van der Waals surface area contributed by atoms with Crippen LogP contribution in [0.3, 0.4) is 0 Å². The monoisotopic (exact) mass is 171 g/mol. The molecule has 12 heavy (non-hydrogen) atoms. The Bertz CT molecular complexity index is 215. The second-order valence-electron chi connectivity index (χ2n) is 3.59. The van der Waals surface area contributed by atoms with E-state index in [1.54, 1.807) is 0 Å². The summed E-state index contributed by atoms with van der Waals surface area (Å²) >= 11 is 0. The molecule has 0 aromatic heterocycles. The maximum atomic E-state index is 9.43. The fourth-order valence-electron chi connectivity index (χ4n) is 2.10. The Hall–Kier alpha value is -0.610. The third-order valence-corrected chi connectivity index (χ3v) is 2.77. The molecular weight excluding hydrogens is 156 g/mol. The fraction of sp³-hybridized carbons (Fsp3) is 0.875.